The number of aromatic nitrogens is 3. The lowest BCUT2D eigenvalue weighted by atomic mass is 9.97. The maximum absolute atomic E-state index is 13.5. The number of alkyl halides is 3. The first-order chi connectivity index (χ1) is 12.2. The van der Waals surface area contributed by atoms with E-state index in [9.17, 15) is 18.3 Å². The third-order valence-electron chi connectivity index (χ3n) is 4.18. The van der Waals surface area contributed by atoms with Crippen LogP contribution >= 0.6 is 15.9 Å². The Morgan fingerprint density at radius 1 is 1.19 bits per heavy atom. The fraction of sp³-hybridized carbons (Fsp3) is 0.294. The first-order valence-corrected chi connectivity index (χ1v) is 8.57. The van der Waals surface area contributed by atoms with E-state index in [4.69, 9.17) is 0 Å². The van der Waals surface area contributed by atoms with Gasteiger partial charge in [-0.1, -0.05) is 12.1 Å². The van der Waals surface area contributed by atoms with Gasteiger partial charge in [-0.2, -0.15) is 13.2 Å². The van der Waals surface area contributed by atoms with E-state index in [2.05, 4.69) is 31.2 Å². The molecule has 1 atom stereocenters. The minimum Gasteiger partial charge on any atom is -0.384 e. The van der Waals surface area contributed by atoms with Crippen LogP contribution in [-0.2, 0) is 12.6 Å². The van der Waals surface area contributed by atoms with Crippen LogP contribution in [0.4, 0.5) is 18.9 Å². The van der Waals surface area contributed by atoms with Crippen molar-refractivity contribution in [2.75, 3.05) is 11.9 Å². The molecule has 26 heavy (non-hydrogen) atoms. The summed E-state index contributed by atoms with van der Waals surface area (Å²) < 4.78 is 42.6. The first-order valence-electron chi connectivity index (χ1n) is 7.78. The average Bonchev–Trinajstić information content (AvgIpc) is 3.01. The van der Waals surface area contributed by atoms with Crippen LogP contribution in [0.15, 0.2) is 47.3 Å². The molecule has 9 heteroatoms. The number of hydrogen-bond donors (Lipinski definition) is 2. The van der Waals surface area contributed by atoms with E-state index in [1.54, 1.807) is 12.3 Å². The molecule has 0 aliphatic carbocycles. The van der Waals surface area contributed by atoms with Gasteiger partial charge in [-0.15, -0.1) is 0 Å². The number of anilines is 1. The van der Waals surface area contributed by atoms with Crippen molar-refractivity contribution in [3.05, 3.63) is 53.2 Å². The summed E-state index contributed by atoms with van der Waals surface area (Å²) in [4.78, 5) is 7.95. The number of nitrogens with one attached hydrogen (secondary N) is 1. The second kappa shape index (κ2) is 6.88. The monoisotopic (exact) mass is 428 g/mol. The molecule has 0 saturated carbocycles. The Bertz CT molecular complexity index is 928. The summed E-state index contributed by atoms with van der Waals surface area (Å²) in [5.74, 6) is -0.436. The SMILES string of the molecule is Cn1ccnc1C(O)(CCNc1ccnc2c(Br)cccc12)C(F)(F)F. The Morgan fingerprint density at radius 3 is 2.62 bits per heavy atom. The predicted octanol–water partition coefficient (Wildman–Crippen LogP) is 3.98. The molecule has 3 rings (SSSR count). The van der Waals surface area contributed by atoms with E-state index in [-0.39, 0.29) is 6.54 Å². The number of fused-ring (bicyclic) bond motifs is 1. The number of benzene rings is 1. The van der Waals surface area contributed by atoms with Gasteiger partial charge in [0.25, 0.3) is 0 Å². The van der Waals surface area contributed by atoms with Crippen molar-refractivity contribution in [2.45, 2.75) is 18.2 Å². The summed E-state index contributed by atoms with van der Waals surface area (Å²) in [6, 6.07) is 7.16. The molecule has 2 N–H and O–H groups in total. The molecule has 0 aliphatic rings. The van der Waals surface area contributed by atoms with Crippen molar-refractivity contribution >= 4 is 32.5 Å². The summed E-state index contributed by atoms with van der Waals surface area (Å²) in [5, 5.41) is 14.1. The molecule has 1 aromatic carbocycles. The third kappa shape index (κ3) is 3.28. The highest BCUT2D eigenvalue weighted by Crippen LogP contribution is 2.40. The minimum atomic E-state index is -4.85. The third-order valence-corrected chi connectivity index (χ3v) is 4.82. The lowest BCUT2D eigenvalue weighted by Crippen LogP contribution is -2.45. The zero-order valence-corrected chi connectivity index (χ0v) is 15.3. The van der Waals surface area contributed by atoms with Crippen molar-refractivity contribution in [2.24, 2.45) is 7.05 Å². The van der Waals surface area contributed by atoms with Crippen molar-refractivity contribution in [3.8, 4) is 0 Å². The molecular formula is C17H16BrF3N4O. The van der Waals surface area contributed by atoms with Crippen molar-refractivity contribution in [1.82, 2.24) is 14.5 Å². The van der Waals surface area contributed by atoms with Gasteiger partial charge < -0.3 is 15.0 Å². The van der Waals surface area contributed by atoms with Crippen LogP contribution in [0.1, 0.15) is 12.2 Å². The molecule has 5 nitrogen and oxygen atoms in total. The van der Waals surface area contributed by atoms with Crippen LogP contribution in [0.2, 0.25) is 0 Å². The summed E-state index contributed by atoms with van der Waals surface area (Å²) in [7, 11) is 1.42. The smallest absolute Gasteiger partial charge is 0.384 e. The van der Waals surface area contributed by atoms with Crippen molar-refractivity contribution in [3.63, 3.8) is 0 Å². The highest BCUT2D eigenvalue weighted by atomic mass is 79.9. The van der Waals surface area contributed by atoms with Crippen LogP contribution < -0.4 is 5.32 Å². The Kier molecular flexibility index (Phi) is 4.94. The summed E-state index contributed by atoms with van der Waals surface area (Å²) in [5.41, 5.74) is -1.70. The molecule has 0 amide bonds. The number of pyridine rings is 1. The van der Waals surface area contributed by atoms with Gasteiger partial charge in [0.2, 0.25) is 5.60 Å². The molecule has 0 aliphatic heterocycles. The molecule has 0 bridgehead atoms. The molecule has 2 aromatic heterocycles. The van der Waals surface area contributed by atoms with E-state index in [1.165, 1.54) is 24.0 Å². The largest absolute Gasteiger partial charge is 0.424 e. The number of aliphatic hydroxyl groups is 1. The van der Waals surface area contributed by atoms with Gasteiger partial charge in [-0.25, -0.2) is 4.98 Å². The quantitative estimate of drug-likeness (QED) is 0.644. The second-order valence-corrected chi connectivity index (χ2v) is 6.75. The van der Waals surface area contributed by atoms with E-state index >= 15 is 0 Å². The van der Waals surface area contributed by atoms with Gasteiger partial charge in [-0.3, -0.25) is 4.98 Å². The number of imidazole rings is 1. The summed E-state index contributed by atoms with van der Waals surface area (Å²) in [6.45, 7) is -0.103. The Labute approximate surface area is 156 Å². The molecule has 0 radical (unpaired) electrons. The van der Waals surface area contributed by atoms with Gasteiger partial charge in [0, 0.05) is 54.2 Å². The Morgan fingerprint density at radius 2 is 1.96 bits per heavy atom. The molecule has 0 spiro atoms. The lowest BCUT2D eigenvalue weighted by molar-refractivity contribution is -0.271. The molecule has 138 valence electrons. The van der Waals surface area contributed by atoms with Crippen molar-refractivity contribution < 1.29 is 18.3 Å². The highest BCUT2D eigenvalue weighted by Gasteiger charge is 2.57. The van der Waals surface area contributed by atoms with E-state index in [1.807, 2.05) is 18.2 Å². The van der Waals surface area contributed by atoms with Crippen molar-refractivity contribution in [1.29, 1.82) is 0 Å². The topological polar surface area (TPSA) is 63.0 Å². The zero-order chi connectivity index (χ0) is 18.9. The number of nitrogens with zero attached hydrogens (tertiary/aromatic N) is 3. The summed E-state index contributed by atoms with van der Waals surface area (Å²) in [6.07, 6.45) is -1.26. The number of rotatable bonds is 5. The van der Waals surface area contributed by atoms with Gasteiger partial charge in [-0.05, 0) is 28.1 Å². The Hall–Kier alpha value is -2.13. The molecule has 1 unspecified atom stereocenters. The zero-order valence-electron chi connectivity index (χ0n) is 13.8. The lowest BCUT2D eigenvalue weighted by Gasteiger charge is -2.30. The number of hydrogen-bond acceptors (Lipinski definition) is 4. The number of halogens is 4. The van der Waals surface area contributed by atoms with Crippen LogP contribution in [0.5, 0.6) is 0 Å². The van der Waals surface area contributed by atoms with E-state index in [0.29, 0.717) is 11.2 Å². The van der Waals surface area contributed by atoms with Gasteiger partial charge in [0.15, 0.2) is 0 Å². The predicted molar refractivity (Wildman–Crippen MR) is 95.7 cm³/mol. The van der Waals surface area contributed by atoms with Gasteiger partial charge in [0.1, 0.15) is 5.82 Å². The van der Waals surface area contributed by atoms with Crippen LogP contribution in [0.25, 0.3) is 10.9 Å². The molecule has 0 saturated heterocycles. The van der Waals surface area contributed by atoms with Crippen LogP contribution in [-0.4, -0.2) is 32.4 Å². The summed E-state index contributed by atoms with van der Waals surface area (Å²) >= 11 is 3.40. The van der Waals surface area contributed by atoms with Crippen LogP contribution in [0.3, 0.4) is 0 Å². The number of aryl methyl sites for hydroxylation is 1. The maximum Gasteiger partial charge on any atom is 0.424 e. The first kappa shape index (κ1) is 18.7. The molecule has 2 heterocycles. The van der Waals surface area contributed by atoms with Gasteiger partial charge in [0.05, 0.1) is 5.52 Å². The normalized spacial score (nSPS) is 14.4. The van der Waals surface area contributed by atoms with E-state index in [0.717, 1.165) is 9.86 Å². The number of para-hydroxylation sites is 1. The fourth-order valence-corrected chi connectivity index (χ4v) is 3.29. The minimum absolute atomic E-state index is 0.103. The standard InChI is InChI=1S/C17H16BrF3N4O/c1-25-10-9-24-15(25)16(26,17(19,20)21)6-8-22-13-5-7-23-14-11(13)3-2-4-12(14)18/h2-5,7,9-10,26H,6,8H2,1H3,(H,22,23). The Balaban J connectivity index is 1.84. The molecular weight excluding hydrogens is 413 g/mol. The second-order valence-electron chi connectivity index (χ2n) is 5.89. The fourth-order valence-electron chi connectivity index (χ4n) is 2.82. The average molecular weight is 429 g/mol. The van der Waals surface area contributed by atoms with Crippen LogP contribution in [0, 0.1) is 0 Å². The van der Waals surface area contributed by atoms with E-state index < -0.39 is 24.0 Å². The molecule has 0 fully saturated rings. The molecule has 3 aromatic rings. The highest BCUT2D eigenvalue weighted by molar-refractivity contribution is 9.10. The van der Waals surface area contributed by atoms with Gasteiger partial charge >= 0.3 is 6.18 Å². The maximum atomic E-state index is 13.5.